The number of halogens is 3. The van der Waals surface area contributed by atoms with Crippen molar-refractivity contribution in [2.45, 2.75) is 6.18 Å². The van der Waals surface area contributed by atoms with Crippen LogP contribution in [0.2, 0.25) is 0 Å². The van der Waals surface area contributed by atoms with Crippen LogP contribution in [0.1, 0.15) is 5.56 Å². The lowest BCUT2D eigenvalue weighted by atomic mass is 10.2. The van der Waals surface area contributed by atoms with Crippen LogP contribution < -0.4 is 19.7 Å². The van der Waals surface area contributed by atoms with Crippen molar-refractivity contribution in [2.24, 2.45) is 0 Å². The average molecular weight is 393 g/mol. The predicted octanol–water partition coefficient (Wildman–Crippen LogP) is 3.79. The van der Waals surface area contributed by atoms with Gasteiger partial charge in [0, 0.05) is 43.6 Å². The van der Waals surface area contributed by atoms with E-state index in [2.05, 4.69) is 10.2 Å². The number of anilines is 2. The molecule has 0 aliphatic carbocycles. The maximum atomic E-state index is 12.6. The molecule has 2 amide bonds. The molecule has 28 heavy (non-hydrogen) atoms. The van der Waals surface area contributed by atoms with Crippen LogP contribution in [0, 0.1) is 0 Å². The Morgan fingerprint density at radius 3 is 2.29 bits per heavy atom. The Balaban J connectivity index is 1.33. The van der Waals surface area contributed by atoms with Gasteiger partial charge in [0.2, 0.25) is 6.79 Å². The first-order valence-electron chi connectivity index (χ1n) is 8.78. The van der Waals surface area contributed by atoms with Gasteiger partial charge in [0.15, 0.2) is 11.5 Å². The quantitative estimate of drug-likeness (QED) is 0.844. The summed E-state index contributed by atoms with van der Waals surface area (Å²) in [5, 5.41) is 2.64. The number of nitrogens with zero attached hydrogens (tertiary/aromatic N) is 2. The number of benzene rings is 2. The smallest absolute Gasteiger partial charge is 0.416 e. The van der Waals surface area contributed by atoms with Crippen LogP contribution in [0.25, 0.3) is 0 Å². The number of rotatable bonds is 2. The second kappa shape index (κ2) is 7.14. The molecule has 1 N–H and O–H groups in total. The fraction of sp³-hybridized carbons (Fsp3) is 0.316. The molecule has 2 aliphatic heterocycles. The maximum Gasteiger partial charge on any atom is 0.416 e. The summed E-state index contributed by atoms with van der Waals surface area (Å²) in [7, 11) is 0. The normalized spacial score (nSPS) is 16.2. The Morgan fingerprint density at radius 2 is 1.61 bits per heavy atom. The first kappa shape index (κ1) is 18.3. The number of nitrogens with one attached hydrogen (secondary N) is 1. The van der Waals surface area contributed by atoms with Crippen molar-refractivity contribution in [3.8, 4) is 11.5 Å². The molecule has 0 radical (unpaired) electrons. The van der Waals surface area contributed by atoms with Crippen molar-refractivity contribution >= 4 is 17.4 Å². The summed E-state index contributed by atoms with van der Waals surface area (Å²) in [6, 6.07) is 9.81. The zero-order chi connectivity index (χ0) is 19.7. The molecule has 0 atom stereocenters. The molecule has 2 aliphatic rings. The molecular weight excluding hydrogens is 375 g/mol. The summed E-state index contributed by atoms with van der Waals surface area (Å²) in [6.07, 6.45) is -4.40. The summed E-state index contributed by atoms with van der Waals surface area (Å²) in [4.78, 5) is 16.2. The fourth-order valence-corrected chi connectivity index (χ4v) is 3.19. The summed E-state index contributed by atoms with van der Waals surface area (Å²) in [5.74, 6) is 1.43. The zero-order valence-corrected chi connectivity index (χ0v) is 14.8. The summed E-state index contributed by atoms with van der Waals surface area (Å²) >= 11 is 0. The van der Waals surface area contributed by atoms with Gasteiger partial charge in [-0.1, -0.05) is 0 Å². The van der Waals surface area contributed by atoms with Crippen molar-refractivity contribution in [1.29, 1.82) is 0 Å². The number of amides is 2. The minimum atomic E-state index is -4.40. The largest absolute Gasteiger partial charge is 0.454 e. The Hall–Kier alpha value is -3.10. The molecule has 2 aromatic rings. The first-order valence-corrected chi connectivity index (χ1v) is 8.78. The van der Waals surface area contributed by atoms with Crippen LogP contribution in [0.5, 0.6) is 11.5 Å². The van der Waals surface area contributed by atoms with Crippen LogP contribution >= 0.6 is 0 Å². The molecule has 2 aromatic carbocycles. The molecule has 6 nitrogen and oxygen atoms in total. The Kier molecular flexibility index (Phi) is 4.66. The molecule has 2 heterocycles. The van der Waals surface area contributed by atoms with E-state index in [1.807, 2.05) is 18.2 Å². The first-order chi connectivity index (χ1) is 13.4. The van der Waals surface area contributed by atoms with Crippen LogP contribution in [-0.2, 0) is 6.18 Å². The topological polar surface area (TPSA) is 54.0 Å². The van der Waals surface area contributed by atoms with Gasteiger partial charge >= 0.3 is 12.2 Å². The third-order valence-corrected chi connectivity index (χ3v) is 4.75. The Labute approximate surface area is 159 Å². The predicted molar refractivity (Wildman–Crippen MR) is 96.8 cm³/mol. The maximum absolute atomic E-state index is 12.6. The third-order valence-electron chi connectivity index (χ3n) is 4.75. The van der Waals surface area contributed by atoms with Gasteiger partial charge in [0.25, 0.3) is 0 Å². The van der Waals surface area contributed by atoms with Gasteiger partial charge in [-0.25, -0.2) is 4.79 Å². The van der Waals surface area contributed by atoms with Crippen LogP contribution in [0.3, 0.4) is 0 Å². The number of urea groups is 1. The van der Waals surface area contributed by atoms with Crippen molar-refractivity contribution < 1.29 is 27.4 Å². The molecule has 0 aromatic heterocycles. The van der Waals surface area contributed by atoms with E-state index in [-0.39, 0.29) is 12.8 Å². The number of carbonyl (C=O) groups is 1. The number of hydrogen-bond acceptors (Lipinski definition) is 4. The Morgan fingerprint density at radius 1 is 0.929 bits per heavy atom. The number of carbonyl (C=O) groups excluding carboxylic acids is 1. The van der Waals surface area contributed by atoms with E-state index in [9.17, 15) is 18.0 Å². The molecule has 9 heteroatoms. The van der Waals surface area contributed by atoms with Gasteiger partial charge in [-0.05, 0) is 36.4 Å². The van der Waals surface area contributed by atoms with E-state index < -0.39 is 11.7 Å². The van der Waals surface area contributed by atoms with Gasteiger partial charge < -0.3 is 24.6 Å². The van der Waals surface area contributed by atoms with Crippen LogP contribution in [0.4, 0.5) is 29.3 Å². The third kappa shape index (κ3) is 3.78. The number of piperazine rings is 1. The number of fused-ring (bicyclic) bond motifs is 1. The fourth-order valence-electron chi connectivity index (χ4n) is 3.19. The molecule has 4 rings (SSSR count). The summed E-state index contributed by atoms with van der Waals surface area (Å²) in [5.41, 5.74) is 0.575. The summed E-state index contributed by atoms with van der Waals surface area (Å²) < 4.78 is 48.5. The van der Waals surface area contributed by atoms with E-state index in [0.29, 0.717) is 37.6 Å². The molecule has 0 saturated carbocycles. The second-order valence-electron chi connectivity index (χ2n) is 6.52. The molecule has 148 valence electrons. The number of ether oxygens (including phenoxy) is 2. The standard InChI is InChI=1S/C19H18F3N3O3/c20-19(21,22)13-1-3-14(4-2-13)23-18(26)25-9-7-24(8-10-25)15-5-6-16-17(11-15)28-12-27-16/h1-6,11H,7-10,12H2,(H,23,26). The Bertz CT molecular complexity index is 863. The molecule has 1 fully saturated rings. The molecule has 0 unspecified atom stereocenters. The van der Waals surface area contributed by atoms with Gasteiger partial charge in [-0.3, -0.25) is 0 Å². The van der Waals surface area contributed by atoms with E-state index >= 15 is 0 Å². The van der Waals surface area contributed by atoms with E-state index in [1.54, 1.807) is 4.90 Å². The lowest BCUT2D eigenvalue weighted by Gasteiger charge is -2.36. The second-order valence-corrected chi connectivity index (χ2v) is 6.52. The van der Waals surface area contributed by atoms with E-state index in [4.69, 9.17) is 9.47 Å². The van der Waals surface area contributed by atoms with Crippen LogP contribution in [-0.4, -0.2) is 43.9 Å². The monoisotopic (exact) mass is 393 g/mol. The molecular formula is C19H18F3N3O3. The van der Waals surface area contributed by atoms with Gasteiger partial charge in [0.05, 0.1) is 5.56 Å². The molecule has 0 spiro atoms. The van der Waals surface area contributed by atoms with Gasteiger partial charge in [-0.15, -0.1) is 0 Å². The van der Waals surface area contributed by atoms with Crippen molar-refractivity contribution in [3.63, 3.8) is 0 Å². The number of hydrogen-bond donors (Lipinski definition) is 1. The summed E-state index contributed by atoms with van der Waals surface area (Å²) in [6.45, 7) is 2.50. The van der Waals surface area contributed by atoms with E-state index in [0.717, 1.165) is 23.6 Å². The highest BCUT2D eigenvalue weighted by Crippen LogP contribution is 2.35. The van der Waals surface area contributed by atoms with Gasteiger partial charge in [0.1, 0.15) is 0 Å². The zero-order valence-electron chi connectivity index (χ0n) is 14.8. The van der Waals surface area contributed by atoms with Gasteiger partial charge in [-0.2, -0.15) is 13.2 Å². The highest BCUT2D eigenvalue weighted by Gasteiger charge is 2.30. The highest BCUT2D eigenvalue weighted by molar-refractivity contribution is 5.89. The van der Waals surface area contributed by atoms with Crippen molar-refractivity contribution in [2.75, 3.05) is 43.2 Å². The minimum Gasteiger partial charge on any atom is -0.454 e. The molecule has 1 saturated heterocycles. The highest BCUT2D eigenvalue weighted by atomic mass is 19.4. The molecule has 0 bridgehead atoms. The average Bonchev–Trinajstić information content (AvgIpc) is 3.15. The number of alkyl halides is 3. The van der Waals surface area contributed by atoms with E-state index in [1.165, 1.54) is 12.1 Å². The van der Waals surface area contributed by atoms with Crippen molar-refractivity contribution in [1.82, 2.24) is 4.90 Å². The minimum absolute atomic E-state index is 0.219. The van der Waals surface area contributed by atoms with Crippen LogP contribution in [0.15, 0.2) is 42.5 Å². The SMILES string of the molecule is O=C(Nc1ccc(C(F)(F)F)cc1)N1CCN(c2ccc3c(c2)OCO3)CC1. The lowest BCUT2D eigenvalue weighted by molar-refractivity contribution is -0.137. The van der Waals surface area contributed by atoms with Crippen molar-refractivity contribution in [3.05, 3.63) is 48.0 Å². The lowest BCUT2D eigenvalue weighted by Crippen LogP contribution is -2.50.